The molecule has 4 heteroatoms. The van der Waals surface area contributed by atoms with Gasteiger partial charge in [0, 0.05) is 25.6 Å². The Morgan fingerprint density at radius 2 is 2.12 bits per heavy atom. The third kappa shape index (κ3) is 5.50. The molecule has 17 heavy (non-hydrogen) atoms. The molecule has 0 aromatic rings. The molecule has 0 heterocycles. The van der Waals surface area contributed by atoms with Crippen molar-refractivity contribution in [2.24, 2.45) is 11.7 Å². The summed E-state index contributed by atoms with van der Waals surface area (Å²) in [7, 11) is 2.16. The second-order valence-electron chi connectivity index (χ2n) is 5.31. The van der Waals surface area contributed by atoms with Gasteiger partial charge in [-0.25, -0.2) is 0 Å². The van der Waals surface area contributed by atoms with Crippen molar-refractivity contribution in [3.05, 3.63) is 0 Å². The van der Waals surface area contributed by atoms with E-state index in [1.54, 1.807) is 0 Å². The van der Waals surface area contributed by atoms with Crippen LogP contribution in [0.5, 0.6) is 0 Å². The standard InChI is InChI=1S/C13H27N3O/c1-11(10-14)9-13(17)15-7-8-16(2)12-5-3-4-6-12/h11-12H,3-10,14H2,1-2H3,(H,15,17). The van der Waals surface area contributed by atoms with Crippen LogP contribution in [-0.2, 0) is 4.79 Å². The number of hydrogen-bond donors (Lipinski definition) is 2. The molecule has 0 bridgehead atoms. The summed E-state index contributed by atoms with van der Waals surface area (Å²) >= 11 is 0. The molecule has 100 valence electrons. The van der Waals surface area contributed by atoms with Crippen molar-refractivity contribution in [2.45, 2.75) is 45.1 Å². The van der Waals surface area contributed by atoms with E-state index < -0.39 is 0 Å². The number of carbonyl (C=O) groups is 1. The van der Waals surface area contributed by atoms with Crippen LogP contribution < -0.4 is 11.1 Å². The molecule has 0 radical (unpaired) electrons. The van der Waals surface area contributed by atoms with Crippen LogP contribution in [0.25, 0.3) is 0 Å². The Labute approximate surface area is 105 Å². The van der Waals surface area contributed by atoms with Crippen molar-refractivity contribution in [3.63, 3.8) is 0 Å². The van der Waals surface area contributed by atoms with E-state index in [1.165, 1.54) is 25.7 Å². The van der Waals surface area contributed by atoms with Crippen LogP contribution in [0.3, 0.4) is 0 Å². The van der Waals surface area contributed by atoms with Crippen molar-refractivity contribution in [1.29, 1.82) is 0 Å². The molecular weight excluding hydrogens is 214 g/mol. The van der Waals surface area contributed by atoms with Gasteiger partial charge in [0.2, 0.25) is 5.91 Å². The number of amides is 1. The van der Waals surface area contributed by atoms with Crippen molar-refractivity contribution in [3.8, 4) is 0 Å². The second-order valence-corrected chi connectivity index (χ2v) is 5.31. The average Bonchev–Trinajstić information content (AvgIpc) is 2.82. The van der Waals surface area contributed by atoms with Gasteiger partial charge in [-0.1, -0.05) is 19.8 Å². The molecule has 1 unspecified atom stereocenters. The molecule has 1 amide bonds. The lowest BCUT2D eigenvalue weighted by Crippen LogP contribution is -2.38. The molecule has 4 nitrogen and oxygen atoms in total. The first kappa shape index (κ1) is 14.5. The summed E-state index contributed by atoms with van der Waals surface area (Å²) in [6, 6.07) is 0.731. The van der Waals surface area contributed by atoms with Gasteiger partial charge in [0.05, 0.1) is 0 Å². The zero-order chi connectivity index (χ0) is 12.7. The van der Waals surface area contributed by atoms with Crippen molar-refractivity contribution in [1.82, 2.24) is 10.2 Å². The number of hydrogen-bond acceptors (Lipinski definition) is 3. The Bertz CT molecular complexity index is 227. The summed E-state index contributed by atoms with van der Waals surface area (Å²) in [6.07, 6.45) is 5.89. The third-order valence-corrected chi connectivity index (χ3v) is 3.67. The summed E-state index contributed by atoms with van der Waals surface area (Å²) < 4.78 is 0. The van der Waals surface area contributed by atoms with Crippen molar-refractivity contribution < 1.29 is 4.79 Å². The van der Waals surface area contributed by atoms with Crippen LogP contribution in [-0.4, -0.2) is 43.5 Å². The van der Waals surface area contributed by atoms with Gasteiger partial charge < -0.3 is 16.0 Å². The van der Waals surface area contributed by atoms with Crippen LogP contribution in [0.4, 0.5) is 0 Å². The van der Waals surface area contributed by atoms with Crippen LogP contribution >= 0.6 is 0 Å². The van der Waals surface area contributed by atoms with Gasteiger partial charge in [0.15, 0.2) is 0 Å². The van der Waals surface area contributed by atoms with E-state index >= 15 is 0 Å². The Morgan fingerprint density at radius 3 is 2.71 bits per heavy atom. The molecule has 1 rings (SSSR count). The van der Waals surface area contributed by atoms with E-state index in [4.69, 9.17) is 5.73 Å². The minimum atomic E-state index is 0.128. The highest BCUT2D eigenvalue weighted by molar-refractivity contribution is 5.76. The minimum Gasteiger partial charge on any atom is -0.355 e. The fraction of sp³-hybridized carbons (Fsp3) is 0.923. The van der Waals surface area contributed by atoms with E-state index in [-0.39, 0.29) is 11.8 Å². The molecule has 0 aromatic heterocycles. The SMILES string of the molecule is CC(CN)CC(=O)NCCN(C)C1CCCC1. The van der Waals surface area contributed by atoms with Gasteiger partial charge in [-0.15, -0.1) is 0 Å². The number of nitrogens with two attached hydrogens (primary N) is 1. The number of nitrogens with one attached hydrogen (secondary N) is 1. The Hall–Kier alpha value is -0.610. The van der Waals surface area contributed by atoms with Crippen molar-refractivity contribution in [2.75, 3.05) is 26.7 Å². The third-order valence-electron chi connectivity index (χ3n) is 3.67. The van der Waals surface area contributed by atoms with Crippen LogP contribution in [0.2, 0.25) is 0 Å². The molecule has 0 aromatic carbocycles. The monoisotopic (exact) mass is 241 g/mol. The maximum atomic E-state index is 11.5. The Morgan fingerprint density at radius 1 is 1.47 bits per heavy atom. The lowest BCUT2D eigenvalue weighted by Gasteiger charge is -2.24. The smallest absolute Gasteiger partial charge is 0.220 e. The van der Waals surface area contributed by atoms with Gasteiger partial charge >= 0.3 is 0 Å². The molecule has 0 saturated heterocycles. The van der Waals surface area contributed by atoms with Gasteiger partial charge in [-0.2, -0.15) is 0 Å². The number of likely N-dealkylation sites (N-methyl/N-ethyl adjacent to an activating group) is 1. The first-order valence-electron chi connectivity index (χ1n) is 6.80. The molecular formula is C13H27N3O. The molecule has 1 aliphatic carbocycles. The normalized spacial score (nSPS) is 18.6. The summed E-state index contributed by atoms with van der Waals surface area (Å²) in [5, 5.41) is 2.97. The lowest BCUT2D eigenvalue weighted by atomic mass is 10.1. The number of rotatable bonds is 7. The maximum absolute atomic E-state index is 11.5. The Kier molecular flexibility index (Phi) is 6.52. The topological polar surface area (TPSA) is 58.4 Å². The molecule has 1 aliphatic rings. The maximum Gasteiger partial charge on any atom is 0.220 e. The van der Waals surface area contributed by atoms with Crippen molar-refractivity contribution >= 4 is 5.91 Å². The van der Waals surface area contributed by atoms with Crippen LogP contribution in [0.1, 0.15) is 39.0 Å². The predicted molar refractivity (Wildman–Crippen MR) is 70.7 cm³/mol. The van der Waals surface area contributed by atoms with Crippen LogP contribution in [0.15, 0.2) is 0 Å². The zero-order valence-electron chi connectivity index (χ0n) is 11.2. The highest BCUT2D eigenvalue weighted by atomic mass is 16.1. The number of carbonyl (C=O) groups excluding carboxylic acids is 1. The summed E-state index contributed by atoms with van der Waals surface area (Å²) in [5.41, 5.74) is 5.49. The first-order chi connectivity index (χ1) is 8.13. The Balaban J connectivity index is 2.08. The largest absolute Gasteiger partial charge is 0.355 e. The minimum absolute atomic E-state index is 0.128. The quantitative estimate of drug-likeness (QED) is 0.698. The van der Waals surface area contributed by atoms with E-state index in [1.807, 2.05) is 6.92 Å². The summed E-state index contributed by atoms with van der Waals surface area (Å²) in [5.74, 6) is 0.408. The van der Waals surface area contributed by atoms with E-state index in [9.17, 15) is 4.79 Å². The highest BCUT2D eigenvalue weighted by Gasteiger charge is 2.19. The van der Waals surface area contributed by atoms with Gasteiger partial charge in [-0.05, 0) is 32.4 Å². The zero-order valence-corrected chi connectivity index (χ0v) is 11.2. The molecule has 3 N–H and O–H groups in total. The predicted octanol–water partition coefficient (Wildman–Crippen LogP) is 0.962. The van der Waals surface area contributed by atoms with Gasteiger partial charge in [0.25, 0.3) is 0 Å². The summed E-state index contributed by atoms with van der Waals surface area (Å²) in [4.78, 5) is 13.9. The fourth-order valence-corrected chi connectivity index (χ4v) is 2.37. The summed E-state index contributed by atoms with van der Waals surface area (Å²) in [6.45, 7) is 4.29. The van der Waals surface area contributed by atoms with E-state index in [0.29, 0.717) is 13.0 Å². The van der Waals surface area contributed by atoms with Crippen LogP contribution in [0, 0.1) is 5.92 Å². The second kappa shape index (κ2) is 7.67. The lowest BCUT2D eigenvalue weighted by molar-refractivity contribution is -0.121. The number of nitrogens with zero attached hydrogens (tertiary/aromatic N) is 1. The first-order valence-corrected chi connectivity index (χ1v) is 6.80. The molecule has 0 spiro atoms. The highest BCUT2D eigenvalue weighted by Crippen LogP contribution is 2.21. The van der Waals surface area contributed by atoms with Gasteiger partial charge in [-0.3, -0.25) is 4.79 Å². The molecule has 1 fully saturated rings. The average molecular weight is 241 g/mol. The fourth-order valence-electron chi connectivity index (χ4n) is 2.37. The van der Waals surface area contributed by atoms with E-state index in [2.05, 4.69) is 17.3 Å². The molecule has 0 aliphatic heterocycles. The molecule has 1 saturated carbocycles. The molecule has 1 atom stereocenters. The van der Waals surface area contributed by atoms with E-state index in [0.717, 1.165) is 19.1 Å². The van der Waals surface area contributed by atoms with Gasteiger partial charge in [0.1, 0.15) is 0 Å².